The Morgan fingerprint density at radius 3 is 2.50 bits per heavy atom. The second-order valence-corrected chi connectivity index (χ2v) is 4.87. The summed E-state index contributed by atoms with van der Waals surface area (Å²) < 4.78 is 12.9. The Labute approximate surface area is 117 Å². The Hall–Kier alpha value is -1.95. The van der Waals surface area contributed by atoms with Crippen LogP contribution in [0, 0.1) is 5.82 Å². The van der Waals surface area contributed by atoms with E-state index in [2.05, 4.69) is 5.32 Å². The number of nitrogens with zero attached hydrogens (tertiary/aromatic N) is 2. The molecule has 1 atom stereocenters. The van der Waals surface area contributed by atoms with Gasteiger partial charge in [0.25, 0.3) is 5.91 Å². The Morgan fingerprint density at radius 1 is 1.25 bits per heavy atom. The number of hydrogen-bond acceptors (Lipinski definition) is 3. The van der Waals surface area contributed by atoms with E-state index in [9.17, 15) is 14.0 Å². The number of likely N-dealkylation sites (N-methyl/N-ethyl adjacent to an activating group) is 2. The fourth-order valence-electron chi connectivity index (χ4n) is 2.28. The number of hydrogen-bond donors (Lipinski definition) is 1. The highest BCUT2D eigenvalue weighted by molar-refractivity contribution is 5.95. The fraction of sp³-hybridized carbons (Fsp3) is 0.429. The van der Waals surface area contributed by atoms with Crippen molar-refractivity contribution in [2.75, 3.05) is 33.7 Å². The molecular weight excluding hydrogens is 261 g/mol. The van der Waals surface area contributed by atoms with E-state index in [-0.39, 0.29) is 23.7 Å². The minimum Gasteiger partial charge on any atom is -0.358 e. The van der Waals surface area contributed by atoms with Crippen LogP contribution in [0.2, 0.25) is 0 Å². The molecule has 2 rings (SSSR count). The highest BCUT2D eigenvalue weighted by atomic mass is 19.1. The maximum absolute atomic E-state index is 12.9. The van der Waals surface area contributed by atoms with Crippen LogP contribution in [0.3, 0.4) is 0 Å². The molecule has 0 aliphatic carbocycles. The van der Waals surface area contributed by atoms with Gasteiger partial charge in [0.15, 0.2) is 0 Å². The lowest BCUT2D eigenvalue weighted by Crippen LogP contribution is -2.58. The van der Waals surface area contributed by atoms with Gasteiger partial charge < -0.3 is 10.2 Å². The maximum atomic E-state index is 12.9. The number of nitrogens with one attached hydrogen (secondary N) is 1. The Morgan fingerprint density at radius 2 is 1.90 bits per heavy atom. The zero-order valence-corrected chi connectivity index (χ0v) is 11.6. The molecule has 20 heavy (non-hydrogen) atoms. The van der Waals surface area contributed by atoms with Gasteiger partial charge in [-0.25, -0.2) is 4.39 Å². The third-order valence-electron chi connectivity index (χ3n) is 3.58. The lowest BCUT2D eigenvalue weighted by Gasteiger charge is -2.38. The molecule has 5 nitrogen and oxygen atoms in total. The van der Waals surface area contributed by atoms with Crippen molar-refractivity contribution in [1.29, 1.82) is 0 Å². The highest BCUT2D eigenvalue weighted by Crippen LogP contribution is 2.13. The van der Waals surface area contributed by atoms with Crippen LogP contribution < -0.4 is 5.32 Å². The summed E-state index contributed by atoms with van der Waals surface area (Å²) in [5.74, 6) is -0.653. The molecular formula is C14H18FN3O2. The topological polar surface area (TPSA) is 52.7 Å². The molecule has 1 aromatic carbocycles. The van der Waals surface area contributed by atoms with Gasteiger partial charge in [0.2, 0.25) is 5.91 Å². The second kappa shape index (κ2) is 6.00. The van der Waals surface area contributed by atoms with Gasteiger partial charge in [-0.05, 0) is 31.3 Å². The average molecular weight is 279 g/mol. The molecule has 0 radical (unpaired) electrons. The van der Waals surface area contributed by atoms with Crippen LogP contribution in [0.15, 0.2) is 24.3 Å². The minimum atomic E-state index is -0.372. The van der Waals surface area contributed by atoms with Gasteiger partial charge >= 0.3 is 0 Å². The van der Waals surface area contributed by atoms with E-state index in [1.807, 2.05) is 11.9 Å². The van der Waals surface area contributed by atoms with Crippen molar-refractivity contribution < 1.29 is 14.0 Å². The van der Waals surface area contributed by atoms with Gasteiger partial charge in [0.1, 0.15) is 11.9 Å². The lowest BCUT2D eigenvalue weighted by atomic mass is 10.1. The van der Waals surface area contributed by atoms with Crippen LogP contribution in [0.4, 0.5) is 4.39 Å². The summed E-state index contributed by atoms with van der Waals surface area (Å²) in [7, 11) is 3.44. The minimum absolute atomic E-state index is 0.107. The van der Waals surface area contributed by atoms with Crippen LogP contribution in [-0.2, 0) is 4.79 Å². The summed E-state index contributed by atoms with van der Waals surface area (Å²) >= 11 is 0. The smallest absolute Gasteiger partial charge is 0.253 e. The molecule has 2 amide bonds. The predicted octanol–water partition coefficient (Wildman–Crippen LogP) is 0.328. The van der Waals surface area contributed by atoms with E-state index in [0.29, 0.717) is 25.2 Å². The summed E-state index contributed by atoms with van der Waals surface area (Å²) in [5.41, 5.74) is 0.437. The number of rotatable bonds is 2. The molecule has 1 unspecified atom stereocenters. The summed E-state index contributed by atoms with van der Waals surface area (Å²) in [6, 6.07) is 5.10. The molecule has 1 aromatic rings. The fourth-order valence-corrected chi connectivity index (χ4v) is 2.28. The Bertz CT molecular complexity index is 504. The summed E-state index contributed by atoms with van der Waals surface area (Å²) in [4.78, 5) is 27.7. The molecule has 0 spiro atoms. The first-order valence-corrected chi connectivity index (χ1v) is 6.49. The van der Waals surface area contributed by atoms with Crippen molar-refractivity contribution in [3.05, 3.63) is 35.6 Å². The monoisotopic (exact) mass is 279 g/mol. The first kappa shape index (κ1) is 14.5. The first-order chi connectivity index (χ1) is 9.52. The van der Waals surface area contributed by atoms with Crippen LogP contribution in [0.1, 0.15) is 10.4 Å². The van der Waals surface area contributed by atoms with Gasteiger partial charge in [-0.3, -0.25) is 14.5 Å². The third-order valence-corrected chi connectivity index (χ3v) is 3.58. The van der Waals surface area contributed by atoms with Crippen molar-refractivity contribution in [3.63, 3.8) is 0 Å². The van der Waals surface area contributed by atoms with E-state index in [1.165, 1.54) is 24.3 Å². The molecule has 1 N–H and O–H groups in total. The van der Waals surface area contributed by atoms with Crippen molar-refractivity contribution in [3.8, 4) is 0 Å². The van der Waals surface area contributed by atoms with E-state index in [1.54, 1.807) is 11.9 Å². The van der Waals surface area contributed by atoms with E-state index in [0.717, 1.165) is 0 Å². The quantitative estimate of drug-likeness (QED) is 0.849. The number of carbonyl (C=O) groups excluding carboxylic acids is 2. The van der Waals surface area contributed by atoms with E-state index in [4.69, 9.17) is 0 Å². The van der Waals surface area contributed by atoms with Crippen LogP contribution in [0.5, 0.6) is 0 Å². The molecule has 1 fully saturated rings. The summed E-state index contributed by atoms with van der Waals surface area (Å²) in [6.07, 6.45) is 0. The van der Waals surface area contributed by atoms with Crippen LogP contribution >= 0.6 is 0 Å². The summed E-state index contributed by atoms with van der Waals surface area (Å²) in [6.45, 7) is 1.53. The molecule has 6 heteroatoms. The highest BCUT2D eigenvalue weighted by Gasteiger charge is 2.31. The number of benzene rings is 1. The van der Waals surface area contributed by atoms with Gasteiger partial charge in [-0.15, -0.1) is 0 Å². The zero-order chi connectivity index (χ0) is 14.7. The number of carbonyl (C=O) groups is 2. The SMILES string of the molecule is CNC(=O)C1CN(C(=O)c2ccc(F)cc2)CCN1C. The van der Waals surface area contributed by atoms with Crippen LogP contribution in [-0.4, -0.2) is 61.4 Å². The number of piperazine rings is 1. The van der Waals surface area contributed by atoms with E-state index < -0.39 is 0 Å². The average Bonchev–Trinajstić information content (AvgIpc) is 2.47. The number of amides is 2. The van der Waals surface area contributed by atoms with E-state index >= 15 is 0 Å². The first-order valence-electron chi connectivity index (χ1n) is 6.49. The molecule has 1 aliphatic heterocycles. The lowest BCUT2D eigenvalue weighted by molar-refractivity contribution is -0.127. The van der Waals surface area contributed by atoms with Gasteiger partial charge in [0.05, 0.1) is 0 Å². The Kier molecular flexibility index (Phi) is 4.34. The van der Waals surface area contributed by atoms with Crippen molar-refractivity contribution in [2.24, 2.45) is 0 Å². The molecule has 0 saturated carbocycles. The normalized spacial score (nSPS) is 19.8. The van der Waals surface area contributed by atoms with Gasteiger partial charge in [-0.2, -0.15) is 0 Å². The molecule has 0 bridgehead atoms. The van der Waals surface area contributed by atoms with Crippen molar-refractivity contribution >= 4 is 11.8 Å². The predicted molar refractivity (Wildman–Crippen MR) is 72.8 cm³/mol. The summed E-state index contributed by atoms with van der Waals surface area (Å²) in [5, 5.41) is 2.60. The van der Waals surface area contributed by atoms with Gasteiger partial charge in [0, 0.05) is 32.2 Å². The molecule has 1 aliphatic rings. The molecule has 108 valence electrons. The molecule has 1 saturated heterocycles. The largest absolute Gasteiger partial charge is 0.358 e. The standard InChI is InChI=1S/C14H18FN3O2/c1-16-13(19)12-9-18(8-7-17(12)2)14(20)10-3-5-11(15)6-4-10/h3-6,12H,7-9H2,1-2H3,(H,16,19). The molecule has 0 aromatic heterocycles. The zero-order valence-electron chi connectivity index (χ0n) is 11.6. The van der Waals surface area contributed by atoms with Crippen molar-refractivity contribution in [2.45, 2.75) is 6.04 Å². The number of halogens is 1. The maximum Gasteiger partial charge on any atom is 0.253 e. The Balaban J connectivity index is 2.11. The van der Waals surface area contributed by atoms with Crippen LogP contribution in [0.25, 0.3) is 0 Å². The third kappa shape index (κ3) is 2.96. The van der Waals surface area contributed by atoms with Gasteiger partial charge in [-0.1, -0.05) is 0 Å². The molecule has 1 heterocycles. The second-order valence-electron chi connectivity index (χ2n) is 4.87. The van der Waals surface area contributed by atoms with Crippen molar-refractivity contribution in [1.82, 2.24) is 15.1 Å².